The topological polar surface area (TPSA) is 0 Å². The maximum absolute atomic E-state index is 2.36. The van der Waals surface area contributed by atoms with Gasteiger partial charge >= 0.3 is 0 Å². The third-order valence-corrected chi connectivity index (χ3v) is 4.87. The second-order valence-corrected chi connectivity index (χ2v) is 6.77. The molecule has 0 amide bonds. The van der Waals surface area contributed by atoms with Crippen LogP contribution >= 0.6 is 0 Å². The number of benzene rings is 1. The molecule has 0 saturated heterocycles. The minimum absolute atomic E-state index is 0. The Morgan fingerprint density at radius 2 is 1.00 bits per heavy atom. The van der Waals surface area contributed by atoms with E-state index < -0.39 is 0 Å². The number of halogens is 1. The van der Waals surface area contributed by atoms with Gasteiger partial charge in [-0.15, -0.1) is 0 Å². The molecule has 1 rings (SSSR count). The zero-order valence-electron chi connectivity index (χ0n) is 15.7. The molecule has 2 heteroatoms. The Morgan fingerprint density at radius 1 is 0.609 bits per heavy atom. The maximum atomic E-state index is 2.36. The van der Waals surface area contributed by atoms with Crippen LogP contribution in [0.1, 0.15) is 78.6 Å². The first-order valence-corrected chi connectivity index (χ1v) is 9.70. The number of para-hydroxylation sites is 1. The van der Waals surface area contributed by atoms with Gasteiger partial charge in [0.05, 0.1) is 19.6 Å². The van der Waals surface area contributed by atoms with Crippen LogP contribution in [-0.4, -0.2) is 19.6 Å². The lowest BCUT2D eigenvalue weighted by Gasteiger charge is -2.39. The smallest absolute Gasteiger partial charge is 0.132 e. The minimum Gasteiger partial charge on any atom is -1.00 e. The van der Waals surface area contributed by atoms with E-state index in [1.54, 1.807) is 5.69 Å². The van der Waals surface area contributed by atoms with Gasteiger partial charge in [0, 0.05) is 0 Å². The molecule has 0 aliphatic heterocycles. The van der Waals surface area contributed by atoms with E-state index in [0.717, 1.165) is 0 Å². The fourth-order valence-electron chi connectivity index (χ4n) is 3.46. The summed E-state index contributed by atoms with van der Waals surface area (Å²) in [4.78, 5) is 0. The van der Waals surface area contributed by atoms with Crippen LogP contribution in [0.2, 0.25) is 0 Å². The summed E-state index contributed by atoms with van der Waals surface area (Å²) in [6.45, 7) is 10.9. The van der Waals surface area contributed by atoms with Gasteiger partial charge in [-0.2, -0.15) is 0 Å². The Balaban J connectivity index is 0.00000484. The van der Waals surface area contributed by atoms with Crippen LogP contribution in [0.4, 0.5) is 5.69 Å². The molecule has 0 aliphatic rings. The highest BCUT2D eigenvalue weighted by molar-refractivity contribution is 5.42. The first-order valence-electron chi connectivity index (χ1n) is 9.70. The van der Waals surface area contributed by atoms with Crippen molar-refractivity contribution in [2.24, 2.45) is 0 Å². The first kappa shape index (κ1) is 22.5. The Kier molecular flexibility index (Phi) is 13.5. The molecule has 0 radical (unpaired) electrons. The second kappa shape index (κ2) is 13.9. The van der Waals surface area contributed by atoms with Crippen molar-refractivity contribution in [2.75, 3.05) is 19.6 Å². The van der Waals surface area contributed by atoms with E-state index in [4.69, 9.17) is 0 Å². The van der Waals surface area contributed by atoms with Crippen LogP contribution in [0.25, 0.3) is 0 Å². The van der Waals surface area contributed by atoms with Crippen molar-refractivity contribution in [2.45, 2.75) is 78.6 Å². The van der Waals surface area contributed by atoms with Crippen LogP contribution in [-0.2, 0) is 0 Å². The fourth-order valence-corrected chi connectivity index (χ4v) is 3.46. The van der Waals surface area contributed by atoms with Crippen molar-refractivity contribution in [1.29, 1.82) is 0 Å². The molecule has 0 spiro atoms. The minimum atomic E-state index is 0. The molecule has 1 aromatic carbocycles. The lowest BCUT2D eigenvalue weighted by Crippen LogP contribution is -3.00. The molecule has 0 fully saturated rings. The largest absolute Gasteiger partial charge is 1.00 e. The van der Waals surface area contributed by atoms with Gasteiger partial charge in [0.25, 0.3) is 0 Å². The van der Waals surface area contributed by atoms with E-state index in [9.17, 15) is 0 Å². The Labute approximate surface area is 151 Å². The summed E-state index contributed by atoms with van der Waals surface area (Å²) in [5.41, 5.74) is 1.55. The van der Waals surface area contributed by atoms with Gasteiger partial charge in [0.2, 0.25) is 0 Å². The van der Waals surface area contributed by atoms with Gasteiger partial charge in [0.1, 0.15) is 5.69 Å². The summed E-state index contributed by atoms with van der Waals surface area (Å²) in [6, 6.07) is 11.3. The van der Waals surface area contributed by atoms with E-state index in [0.29, 0.717) is 0 Å². The summed E-state index contributed by atoms with van der Waals surface area (Å²) < 4.78 is 1.22. The highest BCUT2D eigenvalue weighted by atomic mass is 35.5. The van der Waals surface area contributed by atoms with Gasteiger partial charge in [-0.05, 0) is 50.7 Å². The van der Waals surface area contributed by atoms with Crippen LogP contribution in [0, 0.1) is 0 Å². The van der Waals surface area contributed by atoms with E-state index in [1.807, 2.05) is 0 Å². The molecule has 0 aromatic heterocycles. The van der Waals surface area contributed by atoms with Crippen LogP contribution in [0.15, 0.2) is 30.3 Å². The molecule has 1 aromatic rings. The molecule has 0 N–H and O–H groups in total. The lowest BCUT2D eigenvalue weighted by molar-refractivity contribution is -0.00000487. The average Bonchev–Trinajstić information content (AvgIpc) is 2.56. The van der Waals surface area contributed by atoms with Crippen LogP contribution in [0.5, 0.6) is 0 Å². The Bertz CT molecular complexity index is 337. The zero-order chi connectivity index (χ0) is 16.1. The molecule has 0 aliphatic carbocycles. The van der Waals surface area contributed by atoms with E-state index in [-0.39, 0.29) is 12.4 Å². The third kappa shape index (κ3) is 8.22. The molecule has 134 valence electrons. The predicted molar refractivity (Wildman–Crippen MR) is 101 cm³/mol. The molecular weight excluding hydrogens is 302 g/mol. The number of hydrogen-bond acceptors (Lipinski definition) is 0. The molecule has 23 heavy (non-hydrogen) atoms. The quantitative estimate of drug-likeness (QED) is 0.381. The van der Waals surface area contributed by atoms with Crippen molar-refractivity contribution in [3.05, 3.63) is 30.3 Å². The molecule has 0 unspecified atom stereocenters. The number of hydrogen-bond donors (Lipinski definition) is 0. The lowest BCUT2D eigenvalue weighted by atomic mass is 10.1. The highest BCUT2D eigenvalue weighted by Gasteiger charge is 2.28. The van der Waals surface area contributed by atoms with Crippen LogP contribution < -0.4 is 16.9 Å². The standard InChI is InChI=1S/C21H38N.ClH/c1-4-7-13-18-22(19-14-8-5-2,20-15-9-6-3)21-16-11-10-12-17-21;/h10-12,16-17H,4-9,13-15,18-20H2,1-3H3;1H/q+1;/p-1. The normalized spacial score (nSPS) is 11.3. The average molecular weight is 340 g/mol. The highest BCUT2D eigenvalue weighted by Crippen LogP contribution is 2.26. The Hall–Kier alpha value is -0.530. The third-order valence-electron chi connectivity index (χ3n) is 4.87. The van der Waals surface area contributed by atoms with Crippen molar-refractivity contribution < 1.29 is 12.4 Å². The van der Waals surface area contributed by atoms with Crippen molar-refractivity contribution in [3.8, 4) is 0 Å². The summed E-state index contributed by atoms with van der Waals surface area (Å²) in [6.07, 6.45) is 12.2. The molecule has 0 bridgehead atoms. The van der Waals surface area contributed by atoms with Gasteiger partial charge in [-0.1, -0.05) is 58.2 Å². The van der Waals surface area contributed by atoms with E-state index >= 15 is 0 Å². The van der Waals surface area contributed by atoms with Crippen molar-refractivity contribution >= 4 is 5.69 Å². The molecular formula is C21H38ClN. The molecule has 0 heterocycles. The van der Waals surface area contributed by atoms with E-state index in [1.165, 1.54) is 81.9 Å². The number of quaternary nitrogens is 1. The maximum Gasteiger partial charge on any atom is 0.132 e. The predicted octanol–water partition coefficient (Wildman–Crippen LogP) is 3.57. The molecule has 0 saturated carbocycles. The number of rotatable bonds is 13. The molecule has 1 nitrogen and oxygen atoms in total. The number of unbranched alkanes of at least 4 members (excludes halogenated alkanes) is 6. The summed E-state index contributed by atoms with van der Waals surface area (Å²) in [5.74, 6) is 0. The van der Waals surface area contributed by atoms with E-state index in [2.05, 4.69) is 51.1 Å². The van der Waals surface area contributed by atoms with Crippen molar-refractivity contribution in [1.82, 2.24) is 4.48 Å². The van der Waals surface area contributed by atoms with Gasteiger partial charge in [-0.25, -0.2) is 0 Å². The second-order valence-electron chi connectivity index (χ2n) is 6.77. The summed E-state index contributed by atoms with van der Waals surface area (Å²) in [7, 11) is 0. The fraction of sp³-hybridized carbons (Fsp3) is 0.714. The molecule has 0 atom stereocenters. The number of nitrogens with zero attached hydrogens (tertiary/aromatic N) is 1. The van der Waals surface area contributed by atoms with Crippen LogP contribution in [0.3, 0.4) is 0 Å². The summed E-state index contributed by atoms with van der Waals surface area (Å²) in [5, 5.41) is 0. The monoisotopic (exact) mass is 339 g/mol. The zero-order valence-corrected chi connectivity index (χ0v) is 16.5. The van der Waals surface area contributed by atoms with Gasteiger partial charge in [-0.3, -0.25) is 4.48 Å². The van der Waals surface area contributed by atoms with Crippen molar-refractivity contribution in [3.63, 3.8) is 0 Å². The summed E-state index contributed by atoms with van der Waals surface area (Å²) >= 11 is 0. The van der Waals surface area contributed by atoms with Gasteiger partial charge < -0.3 is 12.4 Å². The Morgan fingerprint density at radius 3 is 1.35 bits per heavy atom. The SMILES string of the molecule is CCCCC[N+](CCCCC)(CCCCC)c1ccccc1.[Cl-]. The first-order chi connectivity index (χ1) is 10.8. The van der Waals surface area contributed by atoms with Gasteiger partial charge in [0.15, 0.2) is 0 Å².